The molecule has 2 aromatic carbocycles. The first-order valence-corrected chi connectivity index (χ1v) is 6.74. The number of aromatic hydroxyl groups is 1. The summed E-state index contributed by atoms with van der Waals surface area (Å²) in [4.78, 5) is 13.0. The number of aliphatic carboxylic acids is 1. The topological polar surface area (TPSA) is 60.8 Å². The van der Waals surface area contributed by atoms with E-state index in [2.05, 4.69) is 17.9 Å². The average Bonchev–Trinajstić information content (AvgIpc) is 2.35. The number of phenolic OH excluding ortho intramolecular Hbond substituents is 1. The third kappa shape index (κ3) is 2.23. The smallest absolute Gasteiger partial charge is 0.309 e. The lowest BCUT2D eigenvalue weighted by atomic mass is 9.94. The van der Waals surface area contributed by atoms with Gasteiger partial charge in [-0.3, -0.25) is 9.69 Å². The number of carbonyl (C=O) groups is 1. The Morgan fingerprint density at radius 1 is 1.20 bits per heavy atom. The first-order chi connectivity index (χ1) is 9.54. The molecule has 1 aliphatic rings. The van der Waals surface area contributed by atoms with Crippen LogP contribution in [-0.4, -0.2) is 34.2 Å². The number of phenols is 1. The van der Waals surface area contributed by atoms with E-state index in [0.29, 0.717) is 13.1 Å². The van der Waals surface area contributed by atoms with Crippen LogP contribution in [0, 0.1) is 5.92 Å². The maximum absolute atomic E-state index is 10.8. The molecule has 3 rings (SSSR count). The average molecular weight is 271 g/mol. The van der Waals surface area contributed by atoms with Crippen molar-refractivity contribution in [1.82, 2.24) is 4.90 Å². The minimum atomic E-state index is -0.706. The van der Waals surface area contributed by atoms with Crippen molar-refractivity contribution >= 4 is 16.7 Å². The summed E-state index contributed by atoms with van der Waals surface area (Å²) in [6, 6.07) is 11.7. The molecule has 0 aliphatic carbocycles. The zero-order valence-electron chi connectivity index (χ0n) is 11.3. The predicted molar refractivity (Wildman–Crippen MR) is 76.7 cm³/mol. The standard InChI is InChI=1S/C16H17NO3/c1-10(17-8-14(9-17)16(19)20)11-2-3-13-7-15(18)5-4-12(13)6-11/h2-7,10,14,18H,8-9H2,1H3,(H,19,20). The molecule has 2 N–H and O–H groups in total. The minimum Gasteiger partial charge on any atom is -0.508 e. The number of carboxylic acid groups (broad SMARTS) is 1. The summed E-state index contributed by atoms with van der Waals surface area (Å²) < 4.78 is 0. The second-order valence-electron chi connectivity index (χ2n) is 5.46. The Kier molecular flexibility index (Phi) is 3.10. The van der Waals surface area contributed by atoms with Gasteiger partial charge in [0.05, 0.1) is 5.92 Å². The van der Waals surface area contributed by atoms with Gasteiger partial charge in [-0.15, -0.1) is 0 Å². The normalized spacial score (nSPS) is 17.9. The van der Waals surface area contributed by atoms with E-state index in [1.54, 1.807) is 12.1 Å². The van der Waals surface area contributed by atoms with Crippen molar-refractivity contribution in [3.8, 4) is 5.75 Å². The predicted octanol–water partition coefficient (Wildman–Crippen LogP) is 2.62. The number of likely N-dealkylation sites (tertiary alicyclic amines) is 1. The maximum Gasteiger partial charge on any atom is 0.309 e. The second-order valence-corrected chi connectivity index (χ2v) is 5.46. The van der Waals surface area contributed by atoms with E-state index in [-0.39, 0.29) is 17.7 Å². The molecule has 0 amide bonds. The van der Waals surface area contributed by atoms with Gasteiger partial charge in [-0.05, 0) is 41.5 Å². The third-order valence-corrected chi connectivity index (χ3v) is 4.14. The van der Waals surface area contributed by atoms with E-state index >= 15 is 0 Å². The van der Waals surface area contributed by atoms with Crippen LogP contribution in [0.1, 0.15) is 18.5 Å². The summed E-state index contributed by atoms with van der Waals surface area (Å²) >= 11 is 0. The number of carboxylic acids is 1. The number of rotatable bonds is 3. The molecule has 0 aromatic heterocycles. The van der Waals surface area contributed by atoms with Crippen molar-refractivity contribution in [2.24, 2.45) is 5.92 Å². The molecule has 0 saturated carbocycles. The van der Waals surface area contributed by atoms with E-state index in [1.807, 2.05) is 18.2 Å². The molecule has 4 heteroatoms. The van der Waals surface area contributed by atoms with E-state index in [9.17, 15) is 9.90 Å². The van der Waals surface area contributed by atoms with Crippen molar-refractivity contribution in [1.29, 1.82) is 0 Å². The summed E-state index contributed by atoms with van der Waals surface area (Å²) in [5.41, 5.74) is 1.17. The van der Waals surface area contributed by atoms with Crippen molar-refractivity contribution in [2.45, 2.75) is 13.0 Å². The van der Waals surface area contributed by atoms with Gasteiger partial charge in [0.1, 0.15) is 5.75 Å². The highest BCUT2D eigenvalue weighted by Gasteiger charge is 2.35. The molecule has 1 fully saturated rings. The van der Waals surface area contributed by atoms with Crippen LogP contribution in [0.25, 0.3) is 10.8 Å². The number of hydrogen-bond acceptors (Lipinski definition) is 3. The molecule has 1 heterocycles. The Bertz CT molecular complexity index is 662. The molecular formula is C16H17NO3. The Hall–Kier alpha value is -2.07. The van der Waals surface area contributed by atoms with Gasteiger partial charge in [0.15, 0.2) is 0 Å². The van der Waals surface area contributed by atoms with E-state index < -0.39 is 5.97 Å². The van der Waals surface area contributed by atoms with Crippen LogP contribution < -0.4 is 0 Å². The Morgan fingerprint density at radius 2 is 1.85 bits per heavy atom. The molecule has 1 aliphatic heterocycles. The lowest BCUT2D eigenvalue weighted by molar-refractivity contribution is -0.148. The van der Waals surface area contributed by atoms with E-state index in [0.717, 1.165) is 10.8 Å². The molecule has 0 spiro atoms. The van der Waals surface area contributed by atoms with Crippen molar-refractivity contribution in [3.63, 3.8) is 0 Å². The molecule has 0 bridgehead atoms. The zero-order valence-corrected chi connectivity index (χ0v) is 11.3. The molecule has 2 aromatic rings. The van der Waals surface area contributed by atoms with Crippen molar-refractivity contribution < 1.29 is 15.0 Å². The first kappa shape index (κ1) is 12.9. The quantitative estimate of drug-likeness (QED) is 0.901. The SMILES string of the molecule is CC(c1ccc2cc(O)ccc2c1)N1CC(C(=O)O)C1. The van der Waals surface area contributed by atoms with Gasteiger partial charge < -0.3 is 10.2 Å². The lowest BCUT2D eigenvalue weighted by Crippen LogP contribution is -2.51. The van der Waals surface area contributed by atoms with Crippen LogP contribution in [-0.2, 0) is 4.79 Å². The Morgan fingerprint density at radius 3 is 2.55 bits per heavy atom. The fourth-order valence-corrected chi connectivity index (χ4v) is 2.71. The number of nitrogens with zero attached hydrogens (tertiary/aromatic N) is 1. The number of benzene rings is 2. The zero-order chi connectivity index (χ0) is 14.3. The molecule has 4 nitrogen and oxygen atoms in total. The van der Waals surface area contributed by atoms with E-state index in [4.69, 9.17) is 5.11 Å². The van der Waals surface area contributed by atoms with Gasteiger partial charge in [0.25, 0.3) is 0 Å². The van der Waals surface area contributed by atoms with Gasteiger partial charge in [-0.25, -0.2) is 0 Å². The number of hydrogen-bond donors (Lipinski definition) is 2. The molecule has 20 heavy (non-hydrogen) atoms. The van der Waals surface area contributed by atoms with Gasteiger partial charge in [-0.2, -0.15) is 0 Å². The van der Waals surface area contributed by atoms with Crippen LogP contribution in [0.5, 0.6) is 5.75 Å². The van der Waals surface area contributed by atoms with Gasteiger partial charge in [-0.1, -0.05) is 18.2 Å². The highest BCUT2D eigenvalue weighted by molar-refractivity contribution is 5.84. The monoisotopic (exact) mass is 271 g/mol. The third-order valence-electron chi connectivity index (χ3n) is 4.14. The lowest BCUT2D eigenvalue weighted by Gasteiger charge is -2.41. The second kappa shape index (κ2) is 4.80. The van der Waals surface area contributed by atoms with Gasteiger partial charge in [0.2, 0.25) is 0 Å². The highest BCUT2D eigenvalue weighted by atomic mass is 16.4. The summed E-state index contributed by atoms with van der Waals surface area (Å²) in [5.74, 6) is -0.664. The maximum atomic E-state index is 10.8. The fraction of sp³-hybridized carbons (Fsp3) is 0.312. The molecule has 1 unspecified atom stereocenters. The van der Waals surface area contributed by atoms with Crippen LogP contribution in [0.15, 0.2) is 36.4 Å². The fourth-order valence-electron chi connectivity index (χ4n) is 2.71. The van der Waals surface area contributed by atoms with Crippen molar-refractivity contribution in [3.05, 3.63) is 42.0 Å². The van der Waals surface area contributed by atoms with Gasteiger partial charge >= 0.3 is 5.97 Å². The van der Waals surface area contributed by atoms with Crippen LogP contribution in [0.3, 0.4) is 0 Å². The summed E-state index contributed by atoms with van der Waals surface area (Å²) in [6.45, 7) is 3.33. The Balaban J connectivity index is 1.80. The molecule has 104 valence electrons. The Labute approximate surface area is 117 Å². The summed E-state index contributed by atoms with van der Waals surface area (Å²) in [7, 11) is 0. The van der Waals surface area contributed by atoms with E-state index in [1.165, 1.54) is 5.56 Å². The minimum absolute atomic E-state index is 0.212. The largest absolute Gasteiger partial charge is 0.508 e. The molecule has 0 radical (unpaired) electrons. The molecule has 1 saturated heterocycles. The number of fused-ring (bicyclic) bond motifs is 1. The van der Waals surface area contributed by atoms with Crippen LogP contribution in [0.4, 0.5) is 0 Å². The highest BCUT2D eigenvalue weighted by Crippen LogP contribution is 2.30. The molecule has 1 atom stereocenters. The first-order valence-electron chi connectivity index (χ1n) is 6.74. The van der Waals surface area contributed by atoms with Crippen LogP contribution in [0.2, 0.25) is 0 Å². The van der Waals surface area contributed by atoms with Crippen molar-refractivity contribution in [2.75, 3.05) is 13.1 Å². The van der Waals surface area contributed by atoms with Gasteiger partial charge in [0, 0.05) is 19.1 Å². The summed E-state index contributed by atoms with van der Waals surface area (Å²) in [5, 5.41) is 20.5. The summed E-state index contributed by atoms with van der Waals surface area (Å²) in [6.07, 6.45) is 0. The van der Waals surface area contributed by atoms with Crippen LogP contribution >= 0.6 is 0 Å². The molecular weight excluding hydrogens is 254 g/mol.